The van der Waals surface area contributed by atoms with E-state index in [1.54, 1.807) is 16.0 Å². The van der Waals surface area contributed by atoms with Gasteiger partial charge in [-0.25, -0.2) is 15.0 Å². The second-order valence-corrected chi connectivity index (χ2v) is 6.62. The van der Waals surface area contributed by atoms with E-state index in [1.165, 1.54) is 0 Å². The number of thiazole rings is 1. The predicted octanol–water partition coefficient (Wildman–Crippen LogP) is 2.01. The van der Waals surface area contributed by atoms with Crippen molar-refractivity contribution in [2.45, 2.75) is 20.0 Å². The largest absolute Gasteiger partial charge is 0.367 e. The molecule has 0 spiro atoms. The van der Waals surface area contributed by atoms with Crippen molar-refractivity contribution >= 4 is 28.2 Å². The van der Waals surface area contributed by atoms with Gasteiger partial charge in [-0.05, 0) is 13.8 Å². The minimum atomic E-state index is -0.00978. The van der Waals surface area contributed by atoms with Crippen molar-refractivity contribution in [2.24, 2.45) is 7.05 Å². The summed E-state index contributed by atoms with van der Waals surface area (Å²) >= 11 is 1.65. The summed E-state index contributed by atoms with van der Waals surface area (Å²) < 4.78 is 7.71. The average molecular weight is 330 g/mol. The van der Waals surface area contributed by atoms with Gasteiger partial charge in [0.15, 0.2) is 5.65 Å². The van der Waals surface area contributed by atoms with Crippen LogP contribution >= 0.6 is 11.3 Å². The lowest BCUT2D eigenvalue weighted by molar-refractivity contribution is 0.0394. The van der Waals surface area contributed by atoms with E-state index >= 15 is 0 Å². The summed E-state index contributed by atoms with van der Waals surface area (Å²) in [6.07, 6.45) is 1.83. The lowest BCUT2D eigenvalue weighted by atomic mass is 10.2. The van der Waals surface area contributed by atoms with Gasteiger partial charge in [-0.15, -0.1) is 11.3 Å². The van der Waals surface area contributed by atoms with Gasteiger partial charge in [-0.2, -0.15) is 5.10 Å². The Balaban J connectivity index is 1.70. The molecule has 23 heavy (non-hydrogen) atoms. The number of anilines is 1. The van der Waals surface area contributed by atoms with Crippen LogP contribution in [0.15, 0.2) is 11.6 Å². The Hall–Kier alpha value is -2.06. The van der Waals surface area contributed by atoms with E-state index in [-0.39, 0.29) is 6.10 Å². The van der Waals surface area contributed by atoms with Crippen molar-refractivity contribution in [1.29, 1.82) is 0 Å². The normalized spacial score (nSPS) is 18.7. The summed E-state index contributed by atoms with van der Waals surface area (Å²) in [5.41, 5.74) is 1.90. The molecule has 0 aliphatic carbocycles. The first-order valence-corrected chi connectivity index (χ1v) is 8.44. The number of ether oxygens (including phenoxy) is 1. The number of aromatic nitrogens is 5. The van der Waals surface area contributed by atoms with Gasteiger partial charge in [0.25, 0.3) is 0 Å². The maximum Gasteiger partial charge on any atom is 0.163 e. The minimum absolute atomic E-state index is 0.00978. The summed E-state index contributed by atoms with van der Waals surface area (Å²) in [5, 5.41) is 8.39. The Bertz CT molecular complexity index is 857. The van der Waals surface area contributed by atoms with Crippen molar-refractivity contribution in [1.82, 2.24) is 24.7 Å². The molecule has 3 aromatic heterocycles. The molecule has 4 heterocycles. The lowest BCUT2D eigenvalue weighted by Crippen LogP contribution is -2.39. The fourth-order valence-corrected chi connectivity index (χ4v) is 3.70. The number of fused-ring (bicyclic) bond motifs is 1. The Labute approximate surface area is 137 Å². The van der Waals surface area contributed by atoms with Crippen LogP contribution in [-0.4, -0.2) is 44.4 Å². The molecule has 0 unspecified atom stereocenters. The van der Waals surface area contributed by atoms with Crippen LogP contribution in [0, 0.1) is 13.8 Å². The van der Waals surface area contributed by atoms with E-state index < -0.39 is 0 Å². The van der Waals surface area contributed by atoms with Gasteiger partial charge in [0.1, 0.15) is 22.8 Å². The molecule has 4 rings (SSSR count). The highest BCUT2D eigenvalue weighted by Gasteiger charge is 2.27. The van der Waals surface area contributed by atoms with E-state index in [9.17, 15) is 0 Å². The molecular formula is C15H18N6OS. The van der Waals surface area contributed by atoms with E-state index in [0.29, 0.717) is 6.61 Å². The van der Waals surface area contributed by atoms with Gasteiger partial charge in [0, 0.05) is 24.7 Å². The number of hydrogen-bond donors (Lipinski definition) is 0. The number of hydrogen-bond acceptors (Lipinski definition) is 7. The second-order valence-electron chi connectivity index (χ2n) is 5.73. The standard InChI is InChI=1S/C15H18N6OS/c1-9-8-23-15(17-9)12-7-21(4-5-22-12)14-11-6-16-20(3)13(11)18-10(2)19-14/h6,8,12H,4-5,7H2,1-3H3/t12-/m0/s1. The third-order valence-electron chi connectivity index (χ3n) is 3.96. The molecule has 120 valence electrons. The molecule has 0 radical (unpaired) electrons. The SMILES string of the molecule is Cc1csc([C@@H]2CN(c3nc(C)nc4c3cnn4C)CCO2)n1. The second kappa shape index (κ2) is 5.54. The highest BCUT2D eigenvalue weighted by atomic mass is 32.1. The number of morpholine rings is 1. The molecule has 8 heteroatoms. The quantitative estimate of drug-likeness (QED) is 0.716. The molecule has 1 fully saturated rings. The van der Waals surface area contributed by atoms with E-state index in [0.717, 1.165) is 46.5 Å². The minimum Gasteiger partial charge on any atom is -0.367 e. The Morgan fingerprint density at radius 3 is 2.91 bits per heavy atom. The third kappa shape index (κ3) is 2.57. The predicted molar refractivity (Wildman–Crippen MR) is 88.8 cm³/mol. The maximum atomic E-state index is 5.92. The highest BCUT2D eigenvalue weighted by Crippen LogP contribution is 2.30. The molecule has 7 nitrogen and oxygen atoms in total. The van der Waals surface area contributed by atoms with Crippen LogP contribution in [0.4, 0.5) is 5.82 Å². The zero-order valence-corrected chi connectivity index (χ0v) is 14.2. The molecule has 1 saturated heterocycles. The molecule has 0 bridgehead atoms. The molecule has 0 saturated carbocycles. The zero-order chi connectivity index (χ0) is 16.0. The smallest absolute Gasteiger partial charge is 0.163 e. The molecule has 0 N–H and O–H groups in total. The van der Waals surface area contributed by atoms with Crippen LogP contribution in [0.25, 0.3) is 11.0 Å². The van der Waals surface area contributed by atoms with Crippen molar-refractivity contribution in [3.05, 3.63) is 28.1 Å². The molecule has 1 atom stereocenters. The Morgan fingerprint density at radius 2 is 2.13 bits per heavy atom. The van der Waals surface area contributed by atoms with E-state index in [2.05, 4.69) is 30.3 Å². The van der Waals surface area contributed by atoms with Crippen LogP contribution < -0.4 is 4.90 Å². The van der Waals surface area contributed by atoms with Crippen LogP contribution in [-0.2, 0) is 11.8 Å². The van der Waals surface area contributed by atoms with Gasteiger partial charge < -0.3 is 9.64 Å². The Morgan fingerprint density at radius 1 is 1.26 bits per heavy atom. The van der Waals surface area contributed by atoms with Crippen LogP contribution in [0.1, 0.15) is 22.6 Å². The van der Waals surface area contributed by atoms with E-state index in [4.69, 9.17) is 4.74 Å². The zero-order valence-electron chi connectivity index (χ0n) is 13.4. The first kappa shape index (κ1) is 14.5. The monoisotopic (exact) mass is 330 g/mol. The number of aryl methyl sites for hydroxylation is 3. The van der Waals surface area contributed by atoms with Gasteiger partial charge in [-0.1, -0.05) is 0 Å². The molecule has 0 amide bonds. The molecule has 3 aromatic rings. The topological polar surface area (TPSA) is 69.0 Å². The summed E-state index contributed by atoms with van der Waals surface area (Å²) in [6, 6.07) is 0. The van der Waals surface area contributed by atoms with Crippen molar-refractivity contribution < 1.29 is 4.74 Å². The summed E-state index contributed by atoms with van der Waals surface area (Å²) in [7, 11) is 1.90. The summed E-state index contributed by atoms with van der Waals surface area (Å²) in [6.45, 7) is 6.13. The van der Waals surface area contributed by atoms with Gasteiger partial charge in [-0.3, -0.25) is 4.68 Å². The molecular weight excluding hydrogens is 312 g/mol. The third-order valence-corrected chi connectivity index (χ3v) is 5.02. The van der Waals surface area contributed by atoms with Gasteiger partial charge >= 0.3 is 0 Å². The number of nitrogens with zero attached hydrogens (tertiary/aromatic N) is 6. The van der Waals surface area contributed by atoms with Crippen molar-refractivity contribution in [2.75, 3.05) is 24.6 Å². The average Bonchev–Trinajstić information content (AvgIpc) is 3.14. The summed E-state index contributed by atoms with van der Waals surface area (Å²) in [5.74, 6) is 1.69. The van der Waals surface area contributed by atoms with Gasteiger partial charge in [0.05, 0.1) is 24.7 Å². The lowest BCUT2D eigenvalue weighted by Gasteiger charge is -2.33. The van der Waals surface area contributed by atoms with Gasteiger partial charge in [0.2, 0.25) is 0 Å². The fourth-order valence-electron chi connectivity index (χ4n) is 2.87. The Kier molecular flexibility index (Phi) is 3.50. The summed E-state index contributed by atoms with van der Waals surface area (Å²) in [4.78, 5) is 16.0. The highest BCUT2D eigenvalue weighted by molar-refractivity contribution is 7.09. The van der Waals surface area contributed by atoms with E-state index in [1.807, 2.05) is 27.1 Å². The van der Waals surface area contributed by atoms with Crippen molar-refractivity contribution in [3.8, 4) is 0 Å². The first-order chi connectivity index (χ1) is 11.1. The molecule has 0 aromatic carbocycles. The van der Waals surface area contributed by atoms with Crippen molar-refractivity contribution in [3.63, 3.8) is 0 Å². The molecule has 1 aliphatic heterocycles. The number of rotatable bonds is 2. The fraction of sp³-hybridized carbons (Fsp3) is 0.467. The maximum absolute atomic E-state index is 5.92. The van der Waals surface area contributed by atoms with Crippen LogP contribution in [0.2, 0.25) is 0 Å². The van der Waals surface area contributed by atoms with Crippen LogP contribution in [0.5, 0.6) is 0 Å². The molecule has 1 aliphatic rings. The first-order valence-electron chi connectivity index (χ1n) is 7.57. The van der Waals surface area contributed by atoms with Crippen LogP contribution in [0.3, 0.4) is 0 Å².